The second kappa shape index (κ2) is 5.40. The van der Waals surface area contributed by atoms with E-state index in [9.17, 15) is 0 Å². The van der Waals surface area contributed by atoms with Crippen LogP contribution in [0.15, 0.2) is 18.6 Å². The quantitative estimate of drug-likeness (QED) is 0.746. The van der Waals surface area contributed by atoms with Gasteiger partial charge in [-0.25, -0.2) is 9.97 Å². The lowest BCUT2D eigenvalue weighted by Crippen LogP contribution is -2.20. The predicted octanol–water partition coefficient (Wildman–Crippen LogP) is 2.40. The number of rotatable bonds is 1. The van der Waals surface area contributed by atoms with Crippen LogP contribution in [-0.2, 0) is 0 Å². The molecular formula is C15H23N5. The van der Waals surface area contributed by atoms with E-state index in [-0.39, 0.29) is 0 Å². The van der Waals surface area contributed by atoms with Crippen molar-refractivity contribution in [1.29, 1.82) is 0 Å². The molecule has 108 valence electrons. The highest BCUT2D eigenvalue weighted by Crippen LogP contribution is 2.44. The van der Waals surface area contributed by atoms with Gasteiger partial charge in [0.1, 0.15) is 17.8 Å². The Morgan fingerprint density at radius 1 is 1.40 bits per heavy atom. The van der Waals surface area contributed by atoms with E-state index in [0.29, 0.717) is 5.41 Å². The molecule has 5 heteroatoms. The van der Waals surface area contributed by atoms with Crippen molar-refractivity contribution in [3.63, 3.8) is 0 Å². The van der Waals surface area contributed by atoms with Gasteiger partial charge in [-0.1, -0.05) is 13.3 Å². The monoisotopic (exact) mass is 273 g/mol. The summed E-state index contributed by atoms with van der Waals surface area (Å²) in [6, 6.07) is 1.95. The number of anilines is 1. The molecule has 2 aliphatic rings. The number of aromatic nitrogens is 3. The van der Waals surface area contributed by atoms with Crippen LogP contribution in [0.2, 0.25) is 0 Å². The highest BCUT2D eigenvalue weighted by atomic mass is 15.0. The Hall–Kier alpha value is -1.62. The standard InChI is InChI=1S/C8H15N.C7H8N4/c1-8-4-2-3-7(8)5-9-6-8;1-8-6-5-2-3-9-7(5)11-4-10-6/h7,9H,2-6H2,1H3;2-4H,1H3,(H2,8,9,10,11). The normalized spacial score (nSPS) is 28.0. The van der Waals surface area contributed by atoms with Crippen LogP contribution < -0.4 is 10.6 Å². The molecule has 1 aliphatic heterocycles. The Morgan fingerprint density at radius 3 is 3.10 bits per heavy atom. The van der Waals surface area contributed by atoms with Gasteiger partial charge >= 0.3 is 0 Å². The number of fused-ring (bicyclic) bond motifs is 2. The molecule has 1 saturated carbocycles. The summed E-state index contributed by atoms with van der Waals surface area (Å²) in [4.78, 5) is 11.1. The lowest BCUT2D eigenvalue weighted by Gasteiger charge is -2.21. The third kappa shape index (κ3) is 2.38. The van der Waals surface area contributed by atoms with E-state index in [2.05, 4.69) is 32.5 Å². The van der Waals surface area contributed by atoms with Crippen molar-refractivity contribution >= 4 is 16.9 Å². The minimum Gasteiger partial charge on any atom is -0.372 e. The van der Waals surface area contributed by atoms with Crippen molar-refractivity contribution in [2.24, 2.45) is 11.3 Å². The molecule has 2 unspecified atom stereocenters. The molecule has 0 bridgehead atoms. The zero-order valence-corrected chi connectivity index (χ0v) is 12.2. The van der Waals surface area contributed by atoms with Crippen molar-refractivity contribution in [1.82, 2.24) is 20.3 Å². The fourth-order valence-corrected chi connectivity index (χ4v) is 3.49. The maximum Gasteiger partial charge on any atom is 0.142 e. The Kier molecular flexibility index (Phi) is 3.61. The number of nitrogens with one attached hydrogen (secondary N) is 3. The van der Waals surface area contributed by atoms with Crippen LogP contribution in [0, 0.1) is 11.3 Å². The second-order valence-electron chi connectivity index (χ2n) is 6.09. The first-order chi connectivity index (χ1) is 9.73. The average molecular weight is 273 g/mol. The van der Waals surface area contributed by atoms with Gasteiger partial charge in [0.2, 0.25) is 0 Å². The van der Waals surface area contributed by atoms with Crippen molar-refractivity contribution in [2.75, 3.05) is 25.5 Å². The van der Waals surface area contributed by atoms with Gasteiger partial charge in [-0.15, -0.1) is 0 Å². The molecule has 3 heterocycles. The van der Waals surface area contributed by atoms with E-state index < -0.39 is 0 Å². The number of aromatic amines is 1. The summed E-state index contributed by atoms with van der Waals surface area (Å²) in [5.41, 5.74) is 1.56. The summed E-state index contributed by atoms with van der Waals surface area (Å²) in [5.74, 6) is 1.87. The van der Waals surface area contributed by atoms with Gasteiger partial charge in [-0.3, -0.25) is 0 Å². The Balaban J connectivity index is 0.000000123. The molecule has 0 radical (unpaired) electrons. The summed E-state index contributed by atoms with van der Waals surface area (Å²) in [7, 11) is 1.84. The van der Waals surface area contributed by atoms with Crippen LogP contribution >= 0.6 is 0 Å². The number of nitrogens with zero attached hydrogens (tertiary/aromatic N) is 2. The SMILES string of the molecule is CC12CCCC1CNC2.CNc1ncnc2[nH]ccc12. The zero-order chi connectivity index (χ0) is 14.0. The van der Waals surface area contributed by atoms with Crippen molar-refractivity contribution < 1.29 is 0 Å². The Labute approximate surface area is 119 Å². The molecule has 20 heavy (non-hydrogen) atoms. The van der Waals surface area contributed by atoms with E-state index in [1.807, 2.05) is 19.3 Å². The van der Waals surface area contributed by atoms with Gasteiger partial charge in [0.05, 0.1) is 5.39 Å². The molecule has 1 aliphatic carbocycles. The van der Waals surface area contributed by atoms with E-state index >= 15 is 0 Å². The van der Waals surface area contributed by atoms with Crippen LogP contribution in [0.3, 0.4) is 0 Å². The minimum atomic E-state index is 0.694. The van der Waals surface area contributed by atoms with Gasteiger partial charge in [-0.05, 0) is 36.8 Å². The van der Waals surface area contributed by atoms with E-state index in [1.165, 1.54) is 38.7 Å². The Bertz CT molecular complexity index is 566. The smallest absolute Gasteiger partial charge is 0.142 e. The van der Waals surface area contributed by atoms with Crippen LogP contribution in [0.4, 0.5) is 5.82 Å². The first kappa shape index (κ1) is 13.4. The number of H-pyrrole nitrogens is 1. The molecule has 4 rings (SSSR count). The highest BCUT2D eigenvalue weighted by Gasteiger charge is 2.41. The van der Waals surface area contributed by atoms with Crippen molar-refractivity contribution in [3.8, 4) is 0 Å². The molecule has 2 aromatic heterocycles. The number of hydrogen-bond donors (Lipinski definition) is 3. The topological polar surface area (TPSA) is 65.6 Å². The molecule has 0 amide bonds. The summed E-state index contributed by atoms with van der Waals surface area (Å²) < 4.78 is 0. The number of hydrogen-bond acceptors (Lipinski definition) is 4. The fourth-order valence-electron chi connectivity index (χ4n) is 3.49. The summed E-state index contributed by atoms with van der Waals surface area (Å²) in [5, 5.41) is 7.47. The Morgan fingerprint density at radius 2 is 2.30 bits per heavy atom. The van der Waals surface area contributed by atoms with Crippen LogP contribution in [-0.4, -0.2) is 35.1 Å². The van der Waals surface area contributed by atoms with Crippen molar-refractivity contribution in [3.05, 3.63) is 18.6 Å². The van der Waals surface area contributed by atoms with Gasteiger partial charge in [0, 0.05) is 19.8 Å². The first-order valence-corrected chi connectivity index (χ1v) is 7.39. The van der Waals surface area contributed by atoms with Crippen molar-refractivity contribution in [2.45, 2.75) is 26.2 Å². The molecule has 2 aromatic rings. The molecule has 0 aromatic carbocycles. The summed E-state index contributed by atoms with van der Waals surface area (Å²) >= 11 is 0. The van der Waals surface area contributed by atoms with E-state index in [0.717, 1.165) is 22.8 Å². The van der Waals surface area contributed by atoms with E-state index in [1.54, 1.807) is 0 Å². The molecule has 2 fully saturated rings. The lowest BCUT2D eigenvalue weighted by molar-refractivity contribution is 0.306. The first-order valence-electron chi connectivity index (χ1n) is 7.39. The van der Waals surface area contributed by atoms with Crippen LogP contribution in [0.1, 0.15) is 26.2 Å². The largest absolute Gasteiger partial charge is 0.372 e. The zero-order valence-electron chi connectivity index (χ0n) is 12.2. The molecule has 2 atom stereocenters. The molecule has 0 spiro atoms. The second-order valence-corrected chi connectivity index (χ2v) is 6.09. The van der Waals surface area contributed by atoms with E-state index in [4.69, 9.17) is 0 Å². The van der Waals surface area contributed by atoms with Gasteiger partial charge < -0.3 is 15.6 Å². The minimum absolute atomic E-state index is 0.694. The third-order valence-corrected chi connectivity index (χ3v) is 4.80. The average Bonchev–Trinajstić information content (AvgIpc) is 3.12. The predicted molar refractivity (Wildman–Crippen MR) is 81.8 cm³/mol. The molecule has 3 N–H and O–H groups in total. The van der Waals surface area contributed by atoms with Gasteiger partial charge in [0.25, 0.3) is 0 Å². The summed E-state index contributed by atoms with van der Waals surface area (Å²) in [6.07, 6.45) is 7.79. The maximum atomic E-state index is 4.06. The third-order valence-electron chi connectivity index (χ3n) is 4.80. The highest BCUT2D eigenvalue weighted by molar-refractivity contribution is 5.86. The molecular weight excluding hydrogens is 250 g/mol. The lowest BCUT2D eigenvalue weighted by atomic mass is 9.83. The molecule has 5 nitrogen and oxygen atoms in total. The molecule has 1 saturated heterocycles. The summed E-state index contributed by atoms with van der Waals surface area (Å²) in [6.45, 7) is 5.00. The maximum absolute atomic E-state index is 4.06. The van der Waals surface area contributed by atoms with Gasteiger partial charge in [0.15, 0.2) is 0 Å². The fraction of sp³-hybridized carbons (Fsp3) is 0.600. The van der Waals surface area contributed by atoms with Crippen LogP contribution in [0.5, 0.6) is 0 Å². The van der Waals surface area contributed by atoms with Gasteiger partial charge in [-0.2, -0.15) is 0 Å². The van der Waals surface area contributed by atoms with Crippen LogP contribution in [0.25, 0.3) is 11.0 Å².